The minimum Gasteiger partial charge on any atom is -0.379 e. The van der Waals surface area contributed by atoms with Gasteiger partial charge in [0.25, 0.3) is 0 Å². The number of carbonyl (C=O) groups is 1. The maximum atomic E-state index is 13.3. The maximum absolute atomic E-state index is 13.3. The van der Waals surface area contributed by atoms with Crippen molar-refractivity contribution in [2.24, 2.45) is 5.92 Å². The van der Waals surface area contributed by atoms with E-state index in [0.717, 1.165) is 31.2 Å². The lowest BCUT2D eigenvalue weighted by molar-refractivity contribution is 0.0142. The highest BCUT2D eigenvalue weighted by atomic mass is 35.5. The molecule has 27 heavy (non-hydrogen) atoms. The molecule has 0 spiro atoms. The largest absolute Gasteiger partial charge is 0.379 e. The Morgan fingerprint density at radius 1 is 1.30 bits per heavy atom. The molecular weight excluding hydrogens is 369 g/mol. The molecular formula is C20H31ClFN3O2. The van der Waals surface area contributed by atoms with Crippen LogP contribution in [0.5, 0.6) is 0 Å². The Morgan fingerprint density at radius 3 is 2.59 bits per heavy atom. The van der Waals surface area contributed by atoms with Gasteiger partial charge >= 0.3 is 6.03 Å². The summed E-state index contributed by atoms with van der Waals surface area (Å²) < 4.78 is 18.9. The SMILES string of the molecule is CN1CC(c2ccc(F)cc2)N(C(=O)NCCOCC2CC2)C(C)(C)C1.Cl. The van der Waals surface area contributed by atoms with E-state index in [4.69, 9.17) is 4.74 Å². The third-order valence-electron chi connectivity index (χ3n) is 5.15. The van der Waals surface area contributed by atoms with Crippen molar-refractivity contribution in [1.82, 2.24) is 15.1 Å². The van der Waals surface area contributed by atoms with Gasteiger partial charge in [-0.05, 0) is 57.4 Å². The monoisotopic (exact) mass is 399 g/mol. The highest BCUT2D eigenvalue weighted by Gasteiger charge is 2.42. The molecule has 1 saturated carbocycles. The fourth-order valence-electron chi connectivity index (χ4n) is 3.81. The molecule has 1 unspecified atom stereocenters. The average Bonchev–Trinajstić information content (AvgIpc) is 3.37. The Kier molecular flexibility index (Phi) is 7.48. The molecule has 1 N–H and O–H groups in total. The van der Waals surface area contributed by atoms with Crippen molar-refractivity contribution in [2.75, 3.05) is 39.9 Å². The van der Waals surface area contributed by atoms with Gasteiger partial charge in [-0.3, -0.25) is 0 Å². The van der Waals surface area contributed by atoms with Crippen molar-refractivity contribution in [3.05, 3.63) is 35.6 Å². The molecule has 3 rings (SSSR count). The number of urea groups is 1. The second-order valence-corrected chi connectivity index (χ2v) is 8.20. The van der Waals surface area contributed by atoms with E-state index in [1.54, 1.807) is 12.1 Å². The van der Waals surface area contributed by atoms with Crippen LogP contribution in [0.25, 0.3) is 0 Å². The minimum absolute atomic E-state index is 0. The molecule has 1 aliphatic heterocycles. The summed E-state index contributed by atoms with van der Waals surface area (Å²) in [5.74, 6) is 0.464. The molecule has 0 radical (unpaired) electrons. The fourth-order valence-corrected chi connectivity index (χ4v) is 3.81. The summed E-state index contributed by atoms with van der Waals surface area (Å²) in [5.41, 5.74) is 0.622. The van der Waals surface area contributed by atoms with Crippen molar-refractivity contribution in [2.45, 2.75) is 38.3 Å². The zero-order chi connectivity index (χ0) is 18.7. The molecule has 1 aromatic carbocycles. The third kappa shape index (κ3) is 5.80. The lowest BCUT2D eigenvalue weighted by Gasteiger charge is -2.51. The number of benzene rings is 1. The van der Waals surface area contributed by atoms with Crippen LogP contribution in [0.2, 0.25) is 0 Å². The van der Waals surface area contributed by atoms with Gasteiger partial charge < -0.3 is 19.9 Å². The third-order valence-corrected chi connectivity index (χ3v) is 5.15. The molecule has 1 aromatic rings. The van der Waals surface area contributed by atoms with Crippen LogP contribution in [0.4, 0.5) is 9.18 Å². The van der Waals surface area contributed by atoms with Gasteiger partial charge in [0.2, 0.25) is 0 Å². The molecule has 2 fully saturated rings. The number of hydrogen-bond donors (Lipinski definition) is 1. The van der Waals surface area contributed by atoms with Gasteiger partial charge in [-0.25, -0.2) is 9.18 Å². The van der Waals surface area contributed by atoms with Crippen LogP contribution in [0.3, 0.4) is 0 Å². The van der Waals surface area contributed by atoms with E-state index in [1.807, 2.05) is 4.90 Å². The smallest absolute Gasteiger partial charge is 0.318 e. The zero-order valence-electron chi connectivity index (χ0n) is 16.4. The lowest BCUT2D eigenvalue weighted by Crippen LogP contribution is -2.63. The highest BCUT2D eigenvalue weighted by molar-refractivity contribution is 5.85. The molecule has 1 saturated heterocycles. The molecule has 0 bridgehead atoms. The number of amides is 2. The van der Waals surface area contributed by atoms with Crippen LogP contribution >= 0.6 is 12.4 Å². The van der Waals surface area contributed by atoms with Gasteiger partial charge in [0.1, 0.15) is 5.82 Å². The minimum atomic E-state index is -0.328. The molecule has 0 aromatic heterocycles. The van der Waals surface area contributed by atoms with Crippen molar-refractivity contribution in [1.29, 1.82) is 0 Å². The first kappa shape index (κ1) is 21.9. The van der Waals surface area contributed by atoms with Crippen molar-refractivity contribution in [3.63, 3.8) is 0 Å². The quantitative estimate of drug-likeness (QED) is 0.745. The Bertz CT molecular complexity index is 622. The van der Waals surface area contributed by atoms with Crippen LogP contribution in [-0.2, 0) is 4.74 Å². The number of nitrogens with zero attached hydrogens (tertiary/aromatic N) is 2. The van der Waals surface area contributed by atoms with Gasteiger partial charge in [0, 0.05) is 26.2 Å². The number of nitrogens with one attached hydrogen (secondary N) is 1. The van der Waals surface area contributed by atoms with Crippen LogP contribution in [0.15, 0.2) is 24.3 Å². The number of ether oxygens (including phenoxy) is 1. The molecule has 152 valence electrons. The number of likely N-dealkylation sites (N-methyl/N-ethyl adjacent to an activating group) is 1. The first-order valence-corrected chi connectivity index (χ1v) is 9.46. The standard InChI is InChI=1S/C20H30FN3O2.ClH/c1-20(2)14-23(3)12-18(16-6-8-17(21)9-7-16)24(20)19(25)22-10-11-26-13-15-4-5-15;/h6-9,15,18H,4-5,10-14H2,1-3H3,(H,22,25);1H. The van der Waals surface area contributed by atoms with Crippen molar-refractivity contribution >= 4 is 18.4 Å². The van der Waals surface area contributed by atoms with Gasteiger partial charge in [-0.1, -0.05) is 12.1 Å². The molecule has 1 atom stereocenters. The predicted octanol–water partition coefficient (Wildman–Crippen LogP) is 3.45. The summed E-state index contributed by atoms with van der Waals surface area (Å²) in [6.07, 6.45) is 2.53. The lowest BCUT2D eigenvalue weighted by atomic mass is 9.92. The maximum Gasteiger partial charge on any atom is 0.318 e. The number of rotatable bonds is 6. The van der Waals surface area contributed by atoms with E-state index >= 15 is 0 Å². The van der Waals surface area contributed by atoms with E-state index in [9.17, 15) is 9.18 Å². The van der Waals surface area contributed by atoms with E-state index in [0.29, 0.717) is 13.2 Å². The Labute approximate surface area is 167 Å². The summed E-state index contributed by atoms with van der Waals surface area (Å²) in [7, 11) is 2.05. The van der Waals surface area contributed by atoms with Gasteiger partial charge in [-0.2, -0.15) is 0 Å². The van der Waals surface area contributed by atoms with Crippen LogP contribution in [0.1, 0.15) is 38.3 Å². The predicted molar refractivity (Wildman–Crippen MR) is 107 cm³/mol. The second kappa shape index (κ2) is 9.22. The summed E-state index contributed by atoms with van der Waals surface area (Å²) >= 11 is 0. The van der Waals surface area contributed by atoms with Gasteiger partial charge in [0.05, 0.1) is 18.2 Å². The fraction of sp³-hybridized carbons (Fsp3) is 0.650. The molecule has 5 nitrogen and oxygen atoms in total. The van der Waals surface area contributed by atoms with Gasteiger partial charge in [0.15, 0.2) is 0 Å². The normalized spacial score (nSPS) is 22.2. The number of piperazine rings is 1. The van der Waals surface area contributed by atoms with Crippen LogP contribution in [0, 0.1) is 11.7 Å². The van der Waals surface area contributed by atoms with Gasteiger partial charge in [-0.15, -0.1) is 12.4 Å². The van der Waals surface area contributed by atoms with Crippen molar-refractivity contribution < 1.29 is 13.9 Å². The first-order valence-electron chi connectivity index (χ1n) is 9.46. The van der Waals surface area contributed by atoms with E-state index < -0.39 is 0 Å². The summed E-state index contributed by atoms with van der Waals surface area (Å²) in [5, 5.41) is 3.00. The summed E-state index contributed by atoms with van der Waals surface area (Å²) in [4.78, 5) is 17.1. The number of halogens is 2. The molecule has 7 heteroatoms. The van der Waals surface area contributed by atoms with Crippen LogP contribution < -0.4 is 5.32 Å². The average molecular weight is 400 g/mol. The Hall–Kier alpha value is -1.37. The van der Waals surface area contributed by atoms with E-state index in [2.05, 4.69) is 31.1 Å². The van der Waals surface area contributed by atoms with Crippen molar-refractivity contribution in [3.8, 4) is 0 Å². The molecule has 2 aliphatic rings. The first-order chi connectivity index (χ1) is 12.4. The number of hydrogen-bond acceptors (Lipinski definition) is 3. The van der Waals surface area contributed by atoms with E-state index in [1.165, 1.54) is 25.0 Å². The summed E-state index contributed by atoms with van der Waals surface area (Å²) in [6.45, 7) is 7.50. The molecule has 2 amide bonds. The zero-order valence-corrected chi connectivity index (χ0v) is 17.2. The second-order valence-electron chi connectivity index (χ2n) is 8.20. The molecule has 1 aliphatic carbocycles. The topological polar surface area (TPSA) is 44.8 Å². The number of carbonyl (C=O) groups excluding carboxylic acids is 1. The Morgan fingerprint density at radius 2 is 1.96 bits per heavy atom. The molecule has 1 heterocycles. The van der Waals surface area contributed by atoms with E-state index in [-0.39, 0.29) is 35.8 Å². The Balaban J connectivity index is 0.00000261. The van der Waals surface area contributed by atoms with Crippen LogP contribution in [-0.4, -0.2) is 61.3 Å². The highest BCUT2D eigenvalue weighted by Crippen LogP contribution is 2.34. The summed E-state index contributed by atoms with van der Waals surface area (Å²) in [6, 6.07) is 6.25.